The summed E-state index contributed by atoms with van der Waals surface area (Å²) in [5.74, 6) is 1.33. The van der Waals surface area contributed by atoms with Crippen molar-refractivity contribution in [3.05, 3.63) is 143 Å². The lowest BCUT2D eigenvalue weighted by Crippen LogP contribution is -2.32. The van der Waals surface area contributed by atoms with Gasteiger partial charge in [0.2, 0.25) is 0 Å². The van der Waals surface area contributed by atoms with E-state index in [1.807, 2.05) is 48.5 Å². The molecule has 1 unspecified atom stereocenters. The first-order valence-corrected chi connectivity index (χ1v) is 13.7. The Balaban J connectivity index is 1.53. The number of carbonyl (C=O) groups excluding carboxylic acids is 1. The molecule has 5 aromatic rings. The maximum absolute atomic E-state index is 13.3. The van der Waals surface area contributed by atoms with Gasteiger partial charge in [-0.15, -0.1) is 10.2 Å². The van der Waals surface area contributed by atoms with Crippen molar-refractivity contribution in [3.63, 3.8) is 0 Å². The van der Waals surface area contributed by atoms with Crippen molar-refractivity contribution in [2.24, 2.45) is 0 Å². The van der Waals surface area contributed by atoms with Crippen molar-refractivity contribution < 1.29 is 4.79 Å². The van der Waals surface area contributed by atoms with E-state index in [1.165, 1.54) is 16.7 Å². The van der Waals surface area contributed by atoms with Gasteiger partial charge < -0.3 is 5.32 Å². The molecular formula is C32H30N4OS. The van der Waals surface area contributed by atoms with Crippen molar-refractivity contribution in [2.75, 3.05) is 0 Å². The van der Waals surface area contributed by atoms with Crippen LogP contribution in [0.15, 0.2) is 114 Å². The van der Waals surface area contributed by atoms with E-state index in [2.05, 4.69) is 94.6 Å². The van der Waals surface area contributed by atoms with Gasteiger partial charge in [0.1, 0.15) is 0 Å². The Morgan fingerprint density at radius 3 is 2.18 bits per heavy atom. The fraction of sp³-hybridized carbons (Fsp3) is 0.156. The molecule has 0 aliphatic rings. The summed E-state index contributed by atoms with van der Waals surface area (Å²) >= 11 is 1.64. The standard InChI is InChI=1S/C32H30N4OS/c1-23-16-18-28(19-17-23)36-30(34-35-32(36)38-22-26-13-9-10-24(2)20-26)29(21-25-11-5-3-6-12-25)33-31(37)27-14-7-4-8-15-27/h3-20,29H,21-22H2,1-2H3,(H,33,37). The molecule has 1 heterocycles. The van der Waals surface area contributed by atoms with E-state index in [1.54, 1.807) is 11.8 Å². The van der Waals surface area contributed by atoms with Gasteiger partial charge in [0.15, 0.2) is 11.0 Å². The number of aryl methyl sites for hydroxylation is 2. The number of carbonyl (C=O) groups is 1. The highest BCUT2D eigenvalue weighted by Crippen LogP contribution is 2.29. The minimum atomic E-state index is -0.382. The third kappa shape index (κ3) is 6.21. The van der Waals surface area contributed by atoms with E-state index in [-0.39, 0.29) is 11.9 Å². The summed E-state index contributed by atoms with van der Waals surface area (Å²) < 4.78 is 2.08. The lowest BCUT2D eigenvalue weighted by atomic mass is 10.0. The molecule has 0 fully saturated rings. The number of hydrogen-bond acceptors (Lipinski definition) is 4. The topological polar surface area (TPSA) is 59.8 Å². The maximum atomic E-state index is 13.3. The summed E-state index contributed by atoms with van der Waals surface area (Å²) in [6, 6.07) is 35.9. The van der Waals surface area contributed by atoms with Crippen LogP contribution in [0.2, 0.25) is 0 Å². The van der Waals surface area contributed by atoms with Crippen LogP contribution in [0.5, 0.6) is 0 Å². The fourth-order valence-electron chi connectivity index (χ4n) is 4.37. The van der Waals surface area contributed by atoms with E-state index in [0.717, 1.165) is 22.2 Å². The van der Waals surface area contributed by atoms with Crippen molar-refractivity contribution in [3.8, 4) is 5.69 Å². The fourth-order valence-corrected chi connectivity index (χ4v) is 5.28. The number of hydrogen-bond donors (Lipinski definition) is 1. The minimum absolute atomic E-state index is 0.140. The zero-order valence-electron chi connectivity index (χ0n) is 21.5. The lowest BCUT2D eigenvalue weighted by molar-refractivity contribution is 0.0934. The number of rotatable bonds is 9. The molecule has 0 radical (unpaired) electrons. The molecule has 190 valence electrons. The van der Waals surface area contributed by atoms with Gasteiger partial charge in [0, 0.05) is 17.0 Å². The van der Waals surface area contributed by atoms with Gasteiger partial charge in [-0.25, -0.2) is 0 Å². The Kier molecular flexibility index (Phi) is 8.00. The van der Waals surface area contributed by atoms with Gasteiger partial charge in [-0.3, -0.25) is 9.36 Å². The molecular weight excluding hydrogens is 488 g/mol. The van der Waals surface area contributed by atoms with E-state index in [9.17, 15) is 4.79 Å². The van der Waals surface area contributed by atoms with Crippen LogP contribution in [0.3, 0.4) is 0 Å². The predicted molar refractivity (Wildman–Crippen MR) is 154 cm³/mol. The van der Waals surface area contributed by atoms with Gasteiger partial charge in [-0.2, -0.15) is 0 Å². The second kappa shape index (κ2) is 11.9. The molecule has 1 amide bonds. The van der Waals surface area contributed by atoms with Crippen LogP contribution in [0.1, 0.15) is 44.5 Å². The van der Waals surface area contributed by atoms with E-state index < -0.39 is 0 Å². The van der Waals surface area contributed by atoms with Crippen molar-refractivity contribution in [2.45, 2.75) is 37.2 Å². The highest BCUT2D eigenvalue weighted by Gasteiger charge is 2.25. The third-order valence-corrected chi connectivity index (χ3v) is 7.34. The molecule has 5 rings (SSSR count). The first-order chi connectivity index (χ1) is 18.6. The van der Waals surface area contributed by atoms with E-state index in [0.29, 0.717) is 17.8 Å². The normalized spacial score (nSPS) is 11.7. The SMILES string of the molecule is Cc1ccc(-n2c(SCc3cccc(C)c3)nnc2C(Cc2ccccc2)NC(=O)c2ccccc2)cc1. The van der Waals surface area contributed by atoms with Crippen LogP contribution < -0.4 is 5.32 Å². The quantitative estimate of drug-likeness (QED) is 0.216. The van der Waals surface area contributed by atoms with Gasteiger partial charge in [-0.1, -0.05) is 108 Å². The van der Waals surface area contributed by atoms with Crippen LogP contribution >= 0.6 is 11.8 Å². The van der Waals surface area contributed by atoms with E-state index in [4.69, 9.17) is 0 Å². The highest BCUT2D eigenvalue weighted by molar-refractivity contribution is 7.98. The summed E-state index contributed by atoms with van der Waals surface area (Å²) in [4.78, 5) is 13.3. The molecule has 1 aromatic heterocycles. The Labute approximate surface area is 228 Å². The molecule has 0 aliphatic heterocycles. The molecule has 4 aromatic carbocycles. The summed E-state index contributed by atoms with van der Waals surface area (Å²) in [5.41, 5.74) is 6.33. The second-order valence-electron chi connectivity index (χ2n) is 9.37. The van der Waals surface area contributed by atoms with Crippen molar-refractivity contribution in [1.82, 2.24) is 20.1 Å². The number of nitrogens with one attached hydrogen (secondary N) is 1. The molecule has 0 aliphatic carbocycles. The average molecular weight is 519 g/mol. The van der Waals surface area contributed by atoms with Crippen LogP contribution in [0.4, 0.5) is 0 Å². The smallest absolute Gasteiger partial charge is 0.251 e. The van der Waals surface area contributed by atoms with Gasteiger partial charge in [0.05, 0.1) is 6.04 Å². The number of amides is 1. The van der Waals surface area contributed by atoms with E-state index >= 15 is 0 Å². The Bertz CT molecular complexity index is 1500. The predicted octanol–water partition coefficient (Wildman–Crippen LogP) is 6.89. The average Bonchev–Trinajstić information content (AvgIpc) is 3.37. The molecule has 6 heteroatoms. The summed E-state index contributed by atoms with van der Waals surface area (Å²) in [6.07, 6.45) is 0.589. The molecule has 38 heavy (non-hydrogen) atoms. The Morgan fingerprint density at radius 2 is 1.47 bits per heavy atom. The summed E-state index contributed by atoms with van der Waals surface area (Å²) in [6.45, 7) is 4.17. The van der Waals surface area contributed by atoms with Crippen molar-refractivity contribution >= 4 is 17.7 Å². The van der Waals surface area contributed by atoms with Gasteiger partial charge in [0.25, 0.3) is 5.91 Å². The first-order valence-electron chi connectivity index (χ1n) is 12.7. The van der Waals surface area contributed by atoms with Crippen LogP contribution in [-0.2, 0) is 12.2 Å². The van der Waals surface area contributed by atoms with Crippen LogP contribution in [0.25, 0.3) is 5.69 Å². The summed E-state index contributed by atoms with van der Waals surface area (Å²) in [5, 5.41) is 13.3. The van der Waals surface area contributed by atoms with Crippen molar-refractivity contribution in [1.29, 1.82) is 0 Å². The Hall–Kier alpha value is -4.16. The molecule has 1 atom stereocenters. The van der Waals surface area contributed by atoms with Gasteiger partial charge in [-0.05, 0) is 55.7 Å². The second-order valence-corrected chi connectivity index (χ2v) is 10.3. The monoisotopic (exact) mass is 518 g/mol. The first kappa shape index (κ1) is 25.5. The molecule has 0 saturated heterocycles. The highest BCUT2D eigenvalue weighted by atomic mass is 32.2. The Morgan fingerprint density at radius 1 is 0.789 bits per heavy atom. The number of thioether (sulfide) groups is 1. The molecule has 0 bridgehead atoms. The maximum Gasteiger partial charge on any atom is 0.251 e. The zero-order valence-corrected chi connectivity index (χ0v) is 22.4. The van der Waals surface area contributed by atoms with Crippen LogP contribution in [0, 0.1) is 13.8 Å². The molecule has 5 nitrogen and oxygen atoms in total. The lowest BCUT2D eigenvalue weighted by Gasteiger charge is -2.20. The number of benzene rings is 4. The zero-order chi connectivity index (χ0) is 26.3. The molecule has 1 N–H and O–H groups in total. The largest absolute Gasteiger partial charge is 0.342 e. The minimum Gasteiger partial charge on any atom is -0.342 e. The molecule has 0 spiro atoms. The number of aromatic nitrogens is 3. The summed E-state index contributed by atoms with van der Waals surface area (Å²) in [7, 11) is 0. The third-order valence-electron chi connectivity index (χ3n) is 6.34. The molecule has 0 saturated carbocycles. The van der Waals surface area contributed by atoms with Gasteiger partial charge >= 0.3 is 0 Å². The number of nitrogens with zero attached hydrogens (tertiary/aromatic N) is 3. The van der Waals surface area contributed by atoms with Crippen LogP contribution in [-0.4, -0.2) is 20.7 Å².